The first kappa shape index (κ1) is 18.7. The number of carbonyl (C=O) groups is 1. The summed E-state index contributed by atoms with van der Waals surface area (Å²) in [6.45, 7) is 0.791. The Morgan fingerprint density at radius 2 is 2.07 bits per heavy atom. The Bertz CT molecular complexity index is 977. The van der Waals surface area contributed by atoms with Gasteiger partial charge in [0.05, 0.1) is 11.2 Å². The zero-order chi connectivity index (χ0) is 20.3. The molecule has 1 aromatic carbocycles. The number of amides is 1. The van der Waals surface area contributed by atoms with Crippen LogP contribution in [0, 0.1) is 17.6 Å². The van der Waals surface area contributed by atoms with E-state index in [9.17, 15) is 13.6 Å². The number of fused-ring (bicyclic) bond motifs is 3. The van der Waals surface area contributed by atoms with Crippen molar-refractivity contribution in [3.8, 4) is 5.69 Å². The van der Waals surface area contributed by atoms with E-state index in [0.29, 0.717) is 17.5 Å². The highest BCUT2D eigenvalue weighted by Gasteiger charge is 2.50. The molecule has 0 aliphatic heterocycles. The largest absolute Gasteiger partial charge is 0.344 e. The normalized spacial score (nSPS) is 23.9. The third-order valence-corrected chi connectivity index (χ3v) is 6.67. The summed E-state index contributed by atoms with van der Waals surface area (Å²) in [5, 5.41) is 7.83. The van der Waals surface area contributed by atoms with Crippen LogP contribution in [0.15, 0.2) is 18.2 Å². The molecule has 1 N–H and O–H groups in total. The summed E-state index contributed by atoms with van der Waals surface area (Å²) >= 11 is 0. The monoisotopic (exact) mass is 400 g/mol. The molecule has 1 aromatic heterocycles. The van der Waals surface area contributed by atoms with Crippen molar-refractivity contribution >= 4 is 5.91 Å². The van der Waals surface area contributed by atoms with E-state index in [0.717, 1.165) is 62.4 Å². The molecular formula is C22H26F2N4O. The topological polar surface area (TPSA) is 50.2 Å². The van der Waals surface area contributed by atoms with Gasteiger partial charge in [-0.15, -0.1) is 0 Å². The summed E-state index contributed by atoms with van der Waals surface area (Å²) in [6, 6.07) is 3.50. The molecular weight excluding hydrogens is 374 g/mol. The fourth-order valence-corrected chi connectivity index (χ4v) is 5.41. The number of nitrogens with one attached hydrogen (secondary N) is 1. The molecule has 0 radical (unpaired) electrons. The van der Waals surface area contributed by atoms with Crippen LogP contribution in [0.3, 0.4) is 0 Å². The molecule has 5 nitrogen and oxygen atoms in total. The van der Waals surface area contributed by atoms with Crippen molar-refractivity contribution in [2.45, 2.75) is 50.0 Å². The maximum Gasteiger partial charge on any atom is 0.272 e. The Morgan fingerprint density at radius 3 is 2.76 bits per heavy atom. The number of halogens is 2. The molecule has 2 aromatic rings. The zero-order valence-corrected chi connectivity index (χ0v) is 16.8. The minimum Gasteiger partial charge on any atom is -0.344 e. The van der Waals surface area contributed by atoms with Crippen molar-refractivity contribution in [1.29, 1.82) is 0 Å². The number of aromatic nitrogens is 2. The van der Waals surface area contributed by atoms with Crippen LogP contribution in [0.5, 0.6) is 0 Å². The van der Waals surface area contributed by atoms with Crippen molar-refractivity contribution in [1.82, 2.24) is 20.0 Å². The molecule has 3 aliphatic carbocycles. The van der Waals surface area contributed by atoms with Gasteiger partial charge in [-0.25, -0.2) is 13.5 Å². The lowest BCUT2D eigenvalue weighted by molar-refractivity contribution is 0.0874. The van der Waals surface area contributed by atoms with Gasteiger partial charge in [-0.05, 0) is 57.8 Å². The third kappa shape index (κ3) is 3.16. The number of likely N-dealkylation sites (N-methyl/N-ethyl adjacent to an activating group) is 1. The van der Waals surface area contributed by atoms with Crippen LogP contribution in [0.2, 0.25) is 0 Å². The summed E-state index contributed by atoms with van der Waals surface area (Å²) in [5.74, 6) is -0.611. The fourth-order valence-electron chi connectivity index (χ4n) is 5.41. The second-order valence-corrected chi connectivity index (χ2v) is 9.21. The number of hydrogen-bond donors (Lipinski definition) is 1. The van der Waals surface area contributed by atoms with Crippen LogP contribution >= 0.6 is 0 Å². The highest BCUT2D eigenvalue weighted by Crippen LogP contribution is 2.57. The molecule has 2 fully saturated rings. The lowest BCUT2D eigenvalue weighted by Crippen LogP contribution is -2.52. The van der Waals surface area contributed by atoms with Crippen molar-refractivity contribution in [2.75, 3.05) is 20.6 Å². The highest BCUT2D eigenvalue weighted by molar-refractivity contribution is 5.95. The van der Waals surface area contributed by atoms with E-state index in [1.54, 1.807) is 4.68 Å². The number of hydrogen-bond acceptors (Lipinski definition) is 3. The molecule has 29 heavy (non-hydrogen) atoms. The van der Waals surface area contributed by atoms with Crippen LogP contribution in [0.1, 0.15) is 59.8 Å². The van der Waals surface area contributed by atoms with Gasteiger partial charge in [0.25, 0.3) is 5.91 Å². The van der Waals surface area contributed by atoms with Gasteiger partial charge in [0, 0.05) is 24.1 Å². The average Bonchev–Trinajstić information content (AvgIpc) is 2.98. The lowest BCUT2D eigenvalue weighted by Gasteiger charge is -2.33. The van der Waals surface area contributed by atoms with Gasteiger partial charge in [0.15, 0.2) is 11.5 Å². The highest BCUT2D eigenvalue weighted by atomic mass is 19.1. The molecule has 2 saturated carbocycles. The molecule has 154 valence electrons. The Kier molecular flexibility index (Phi) is 4.28. The first-order chi connectivity index (χ1) is 13.9. The van der Waals surface area contributed by atoms with Crippen molar-refractivity contribution in [2.24, 2.45) is 5.92 Å². The van der Waals surface area contributed by atoms with Crippen molar-refractivity contribution in [3.05, 3.63) is 46.8 Å². The van der Waals surface area contributed by atoms with Crippen LogP contribution in [-0.4, -0.2) is 46.8 Å². The SMILES string of the molecule is CN(C)CC1(NC(=O)c2nn(-c3ccc(F)cc3F)c3c2C[C@H]2C[C@@H]32)CCCC1. The van der Waals surface area contributed by atoms with Gasteiger partial charge in [-0.2, -0.15) is 5.10 Å². The second-order valence-electron chi connectivity index (χ2n) is 9.21. The maximum absolute atomic E-state index is 14.5. The summed E-state index contributed by atoms with van der Waals surface area (Å²) in [4.78, 5) is 15.4. The molecule has 2 atom stereocenters. The zero-order valence-electron chi connectivity index (χ0n) is 16.8. The lowest BCUT2D eigenvalue weighted by atomic mass is 9.96. The number of carbonyl (C=O) groups excluding carboxylic acids is 1. The smallest absolute Gasteiger partial charge is 0.272 e. The molecule has 0 unspecified atom stereocenters. The van der Waals surface area contributed by atoms with Gasteiger partial charge >= 0.3 is 0 Å². The molecule has 1 heterocycles. The summed E-state index contributed by atoms with van der Waals surface area (Å²) in [7, 11) is 4.03. The molecule has 1 amide bonds. The van der Waals surface area contributed by atoms with Gasteiger partial charge in [0.2, 0.25) is 0 Å². The molecule has 0 spiro atoms. The van der Waals surface area contributed by atoms with E-state index in [4.69, 9.17) is 0 Å². The van der Waals surface area contributed by atoms with E-state index in [1.807, 2.05) is 14.1 Å². The fraction of sp³-hybridized carbons (Fsp3) is 0.545. The third-order valence-electron chi connectivity index (χ3n) is 6.67. The molecule has 0 saturated heterocycles. The van der Waals surface area contributed by atoms with Crippen LogP contribution in [0.4, 0.5) is 8.78 Å². The first-order valence-electron chi connectivity index (χ1n) is 10.4. The van der Waals surface area contributed by atoms with Crippen LogP contribution in [0.25, 0.3) is 5.69 Å². The predicted molar refractivity (Wildman–Crippen MR) is 105 cm³/mol. The molecule has 0 bridgehead atoms. The summed E-state index contributed by atoms with van der Waals surface area (Å²) in [5.41, 5.74) is 2.24. The summed E-state index contributed by atoms with van der Waals surface area (Å²) < 4.78 is 29.4. The van der Waals surface area contributed by atoms with E-state index in [2.05, 4.69) is 15.3 Å². The van der Waals surface area contributed by atoms with E-state index in [-0.39, 0.29) is 17.1 Å². The second kappa shape index (κ2) is 6.62. The van der Waals surface area contributed by atoms with Gasteiger partial charge < -0.3 is 10.2 Å². The van der Waals surface area contributed by atoms with Crippen LogP contribution < -0.4 is 5.32 Å². The first-order valence-corrected chi connectivity index (χ1v) is 10.4. The Morgan fingerprint density at radius 1 is 1.31 bits per heavy atom. The number of benzene rings is 1. The Labute approximate surface area is 169 Å². The molecule has 7 heteroatoms. The van der Waals surface area contributed by atoms with Crippen LogP contribution in [-0.2, 0) is 6.42 Å². The Balaban J connectivity index is 1.51. The minimum absolute atomic E-state index is 0.174. The molecule has 3 aliphatic rings. The summed E-state index contributed by atoms with van der Waals surface area (Å²) in [6.07, 6.45) is 5.98. The van der Waals surface area contributed by atoms with E-state index in [1.165, 1.54) is 12.1 Å². The Hall–Kier alpha value is -2.28. The molecule has 5 rings (SSSR count). The predicted octanol–water partition coefficient (Wildman–Crippen LogP) is 3.41. The average molecular weight is 400 g/mol. The standard InChI is InChI=1S/C22H26F2N4O/c1-27(2)12-22(7-3-4-8-22)25-21(29)19-16-10-13-9-15(13)20(16)28(26-19)18-6-5-14(23)11-17(18)24/h5-6,11,13,15H,3-4,7-10,12H2,1-2H3,(H,25,29)/t13-,15-/m1/s1. The van der Waals surface area contributed by atoms with Crippen molar-refractivity contribution < 1.29 is 13.6 Å². The van der Waals surface area contributed by atoms with Gasteiger partial charge in [-0.1, -0.05) is 12.8 Å². The number of rotatable bonds is 5. The number of nitrogens with zero attached hydrogens (tertiary/aromatic N) is 3. The minimum atomic E-state index is -0.661. The van der Waals surface area contributed by atoms with E-state index >= 15 is 0 Å². The van der Waals surface area contributed by atoms with Gasteiger partial charge in [0.1, 0.15) is 11.5 Å². The van der Waals surface area contributed by atoms with Gasteiger partial charge in [-0.3, -0.25) is 4.79 Å². The maximum atomic E-state index is 14.5. The van der Waals surface area contributed by atoms with E-state index < -0.39 is 11.6 Å². The van der Waals surface area contributed by atoms with Crippen molar-refractivity contribution in [3.63, 3.8) is 0 Å². The quantitative estimate of drug-likeness (QED) is 0.837.